The van der Waals surface area contributed by atoms with Gasteiger partial charge in [0.2, 0.25) is 0 Å². The van der Waals surface area contributed by atoms with Crippen molar-refractivity contribution < 1.29 is 4.79 Å². The highest BCUT2D eigenvalue weighted by atomic mass is 32.2. The molecule has 0 radical (unpaired) electrons. The molecule has 0 aliphatic carbocycles. The monoisotopic (exact) mass is 321 g/mol. The van der Waals surface area contributed by atoms with Gasteiger partial charge in [-0.25, -0.2) is 9.78 Å². The number of aromatic nitrogens is 1. The minimum atomic E-state index is 0.00301. The Balaban J connectivity index is 1.75. The van der Waals surface area contributed by atoms with E-state index in [-0.39, 0.29) is 6.03 Å². The number of carbonyl (C=O) groups excluding carboxylic acids is 1. The molecule has 21 heavy (non-hydrogen) atoms. The van der Waals surface area contributed by atoms with E-state index in [2.05, 4.69) is 24.1 Å². The van der Waals surface area contributed by atoms with Gasteiger partial charge in [0.25, 0.3) is 0 Å². The third-order valence-electron chi connectivity index (χ3n) is 3.45. The number of hydrogen-bond donors (Lipinski definition) is 1. The Morgan fingerprint density at radius 3 is 2.81 bits per heavy atom. The third-order valence-corrected chi connectivity index (χ3v) is 5.71. The van der Waals surface area contributed by atoms with Crippen LogP contribution >= 0.6 is 23.1 Å². The number of nitrogens with zero attached hydrogens (tertiary/aromatic N) is 2. The summed E-state index contributed by atoms with van der Waals surface area (Å²) in [5, 5.41) is 4.14. The predicted octanol–water partition coefficient (Wildman–Crippen LogP) is 4.00. The fraction of sp³-hybridized carbons (Fsp3) is 0.467. The number of thiazole rings is 1. The lowest BCUT2D eigenvalue weighted by Crippen LogP contribution is -2.40. The predicted molar refractivity (Wildman–Crippen MR) is 91.6 cm³/mol. The summed E-state index contributed by atoms with van der Waals surface area (Å²) in [6.45, 7) is 5.96. The molecule has 0 unspecified atom stereocenters. The van der Waals surface area contributed by atoms with Crippen LogP contribution in [0.2, 0.25) is 0 Å². The van der Waals surface area contributed by atoms with Crippen LogP contribution in [0.25, 0.3) is 10.2 Å². The standard InChI is InChI=1S/C15H19N3OS2/c1-10(2)14-17-12-4-3-11(9-13(12)21-14)16-15(19)18-5-7-20-8-6-18/h3-4,9-10H,5-8H2,1-2H3,(H,16,19). The molecule has 2 aromatic rings. The normalized spacial score (nSPS) is 15.7. The van der Waals surface area contributed by atoms with Gasteiger partial charge in [-0.2, -0.15) is 11.8 Å². The van der Waals surface area contributed by atoms with Crippen molar-refractivity contribution in [2.75, 3.05) is 29.9 Å². The summed E-state index contributed by atoms with van der Waals surface area (Å²) in [7, 11) is 0. The lowest BCUT2D eigenvalue weighted by Gasteiger charge is -2.26. The SMILES string of the molecule is CC(C)c1nc2ccc(NC(=O)N3CCSCC3)cc2s1. The van der Waals surface area contributed by atoms with Crippen molar-refractivity contribution >= 4 is 45.0 Å². The maximum atomic E-state index is 12.2. The van der Waals surface area contributed by atoms with E-state index in [1.807, 2.05) is 34.9 Å². The number of amides is 2. The highest BCUT2D eigenvalue weighted by Crippen LogP contribution is 2.29. The van der Waals surface area contributed by atoms with Crippen molar-refractivity contribution in [3.8, 4) is 0 Å². The van der Waals surface area contributed by atoms with Crippen LogP contribution in [0.5, 0.6) is 0 Å². The molecule has 1 fully saturated rings. The summed E-state index contributed by atoms with van der Waals surface area (Å²) in [6.07, 6.45) is 0. The number of urea groups is 1. The van der Waals surface area contributed by atoms with Crippen molar-refractivity contribution in [2.45, 2.75) is 19.8 Å². The number of anilines is 1. The topological polar surface area (TPSA) is 45.2 Å². The van der Waals surface area contributed by atoms with Crippen molar-refractivity contribution in [3.63, 3.8) is 0 Å². The number of fused-ring (bicyclic) bond motifs is 1. The average molecular weight is 321 g/mol. The zero-order valence-corrected chi connectivity index (χ0v) is 13.9. The zero-order valence-electron chi connectivity index (χ0n) is 12.3. The summed E-state index contributed by atoms with van der Waals surface area (Å²) in [5.41, 5.74) is 1.86. The van der Waals surface area contributed by atoms with Gasteiger partial charge in [0.1, 0.15) is 0 Å². The molecule has 0 spiro atoms. The van der Waals surface area contributed by atoms with Gasteiger partial charge < -0.3 is 10.2 Å². The minimum Gasteiger partial charge on any atom is -0.323 e. The van der Waals surface area contributed by atoms with Crippen molar-refractivity contribution in [3.05, 3.63) is 23.2 Å². The quantitative estimate of drug-likeness (QED) is 0.909. The Morgan fingerprint density at radius 1 is 1.33 bits per heavy atom. The number of hydrogen-bond acceptors (Lipinski definition) is 4. The van der Waals surface area contributed by atoms with Crippen LogP contribution in [0, 0.1) is 0 Å². The largest absolute Gasteiger partial charge is 0.323 e. The van der Waals surface area contributed by atoms with Crippen molar-refractivity contribution in [1.29, 1.82) is 0 Å². The molecular weight excluding hydrogens is 302 g/mol. The summed E-state index contributed by atoms with van der Waals surface area (Å²) in [6, 6.07) is 5.95. The van der Waals surface area contributed by atoms with E-state index in [1.165, 1.54) is 0 Å². The van der Waals surface area contributed by atoms with Gasteiger partial charge in [-0.05, 0) is 18.2 Å². The van der Waals surface area contributed by atoms with E-state index in [0.29, 0.717) is 5.92 Å². The molecule has 2 heterocycles. The summed E-state index contributed by atoms with van der Waals surface area (Å²) in [5.74, 6) is 2.49. The van der Waals surface area contributed by atoms with E-state index in [1.54, 1.807) is 11.3 Å². The van der Waals surface area contributed by atoms with Crippen LogP contribution < -0.4 is 5.32 Å². The summed E-state index contributed by atoms with van der Waals surface area (Å²) < 4.78 is 1.13. The van der Waals surface area contributed by atoms with Crippen molar-refractivity contribution in [2.24, 2.45) is 0 Å². The molecule has 1 saturated heterocycles. The molecule has 3 rings (SSSR count). The Bertz CT molecular complexity index is 647. The molecule has 0 bridgehead atoms. The molecule has 0 saturated carbocycles. The average Bonchev–Trinajstić information content (AvgIpc) is 2.91. The molecule has 0 atom stereocenters. The van der Waals surface area contributed by atoms with Crippen molar-refractivity contribution in [1.82, 2.24) is 9.88 Å². The Morgan fingerprint density at radius 2 is 2.10 bits per heavy atom. The van der Waals surface area contributed by atoms with Crippen LogP contribution in [-0.4, -0.2) is 40.5 Å². The maximum absolute atomic E-state index is 12.2. The van der Waals surface area contributed by atoms with E-state index < -0.39 is 0 Å². The zero-order chi connectivity index (χ0) is 14.8. The fourth-order valence-corrected chi connectivity index (χ4v) is 4.15. The third kappa shape index (κ3) is 3.32. The fourth-order valence-electron chi connectivity index (χ4n) is 2.24. The second-order valence-electron chi connectivity index (χ2n) is 5.42. The van der Waals surface area contributed by atoms with Gasteiger partial charge in [0, 0.05) is 36.2 Å². The smallest absolute Gasteiger partial charge is 0.321 e. The number of thioether (sulfide) groups is 1. The molecular formula is C15H19N3OS2. The van der Waals surface area contributed by atoms with E-state index >= 15 is 0 Å². The lowest BCUT2D eigenvalue weighted by molar-refractivity contribution is 0.217. The highest BCUT2D eigenvalue weighted by Gasteiger charge is 2.17. The van der Waals surface area contributed by atoms with Gasteiger partial charge in [-0.15, -0.1) is 11.3 Å². The van der Waals surface area contributed by atoms with Crippen LogP contribution in [0.3, 0.4) is 0 Å². The Hall–Kier alpha value is -1.27. The molecule has 1 N–H and O–H groups in total. The van der Waals surface area contributed by atoms with Crippen LogP contribution in [0.4, 0.5) is 10.5 Å². The first kappa shape index (κ1) is 14.7. The van der Waals surface area contributed by atoms with Gasteiger partial charge in [-0.1, -0.05) is 13.8 Å². The van der Waals surface area contributed by atoms with Gasteiger partial charge in [0.15, 0.2) is 0 Å². The Labute approximate surface area is 132 Å². The molecule has 1 aliphatic rings. The van der Waals surface area contributed by atoms with E-state index in [4.69, 9.17) is 0 Å². The molecule has 2 amide bonds. The molecule has 112 valence electrons. The first-order valence-corrected chi connectivity index (χ1v) is 9.15. The van der Waals surface area contributed by atoms with Gasteiger partial charge >= 0.3 is 6.03 Å². The summed E-state index contributed by atoms with van der Waals surface area (Å²) >= 11 is 3.60. The van der Waals surface area contributed by atoms with Gasteiger partial charge in [0.05, 0.1) is 15.2 Å². The van der Waals surface area contributed by atoms with Gasteiger partial charge in [-0.3, -0.25) is 0 Å². The first-order valence-electron chi connectivity index (χ1n) is 7.17. The molecule has 6 heteroatoms. The first-order chi connectivity index (χ1) is 10.1. The number of nitrogens with one attached hydrogen (secondary N) is 1. The minimum absolute atomic E-state index is 0.00301. The molecule has 1 aromatic heterocycles. The van der Waals surface area contributed by atoms with E-state index in [9.17, 15) is 4.79 Å². The van der Waals surface area contributed by atoms with Crippen LogP contribution in [0.1, 0.15) is 24.8 Å². The Kier molecular flexibility index (Phi) is 4.35. The van der Waals surface area contributed by atoms with Crippen LogP contribution in [0.15, 0.2) is 18.2 Å². The second kappa shape index (κ2) is 6.23. The maximum Gasteiger partial charge on any atom is 0.321 e. The molecule has 1 aromatic carbocycles. The van der Waals surface area contributed by atoms with Crippen LogP contribution in [-0.2, 0) is 0 Å². The highest BCUT2D eigenvalue weighted by molar-refractivity contribution is 7.99. The lowest BCUT2D eigenvalue weighted by atomic mass is 10.2. The van der Waals surface area contributed by atoms with E-state index in [0.717, 1.165) is 45.5 Å². The summed E-state index contributed by atoms with van der Waals surface area (Å²) in [4.78, 5) is 18.7. The number of carbonyl (C=O) groups is 1. The molecule has 4 nitrogen and oxygen atoms in total. The second-order valence-corrected chi connectivity index (χ2v) is 7.71. The molecule has 1 aliphatic heterocycles. The number of rotatable bonds is 2. The number of benzene rings is 1.